The number of nitrogens with zero attached hydrogens (tertiary/aromatic N) is 1. The molecule has 2 aromatic carbocycles. The molecular weight excluding hydrogens is 378 g/mol. The normalized spacial score (nSPS) is 11.8. The molecule has 0 atom stereocenters. The number of hydrogen-bond donors (Lipinski definition) is 0. The molecule has 0 unspecified atom stereocenters. The molecule has 126 valence electrons. The van der Waals surface area contributed by atoms with Gasteiger partial charge in [-0.3, -0.25) is 0 Å². The number of hydrogen-bond acceptors (Lipinski definition) is 5. The summed E-state index contributed by atoms with van der Waals surface area (Å²) >= 11 is 0.881. The molecule has 0 radical (unpaired) electrons. The lowest BCUT2D eigenvalue weighted by Crippen LogP contribution is -2.04. The fourth-order valence-electron chi connectivity index (χ4n) is 2.16. The van der Waals surface area contributed by atoms with Crippen molar-refractivity contribution in [2.75, 3.05) is 0 Å². The van der Waals surface area contributed by atoms with E-state index in [4.69, 9.17) is 6.57 Å². The van der Waals surface area contributed by atoms with E-state index in [1.54, 1.807) is 18.2 Å². The van der Waals surface area contributed by atoms with Crippen LogP contribution in [0.5, 0.6) is 0 Å². The molecule has 25 heavy (non-hydrogen) atoms. The van der Waals surface area contributed by atoms with E-state index in [1.807, 2.05) is 0 Å². The average molecular weight is 389 g/mol. The van der Waals surface area contributed by atoms with Crippen molar-refractivity contribution in [1.82, 2.24) is 0 Å². The lowest BCUT2D eigenvalue weighted by atomic mass is 10.4. The van der Waals surface area contributed by atoms with Crippen molar-refractivity contribution in [2.24, 2.45) is 0 Å². The van der Waals surface area contributed by atoms with Crippen molar-refractivity contribution < 1.29 is 16.8 Å². The van der Waals surface area contributed by atoms with E-state index in [2.05, 4.69) is 4.85 Å². The van der Waals surface area contributed by atoms with Gasteiger partial charge in [-0.05, 0) is 48.5 Å². The molecule has 0 saturated heterocycles. The van der Waals surface area contributed by atoms with E-state index in [9.17, 15) is 16.8 Å². The molecule has 3 rings (SSSR count). The van der Waals surface area contributed by atoms with E-state index in [1.165, 1.54) is 48.5 Å². The van der Waals surface area contributed by atoms with Crippen LogP contribution in [0.2, 0.25) is 0 Å². The van der Waals surface area contributed by atoms with Crippen molar-refractivity contribution >= 4 is 36.0 Å². The Kier molecular flexibility index (Phi) is 4.47. The Morgan fingerprint density at radius 1 is 0.680 bits per heavy atom. The molecule has 1 heterocycles. The first-order valence-electron chi connectivity index (χ1n) is 6.98. The summed E-state index contributed by atoms with van der Waals surface area (Å²) in [6.07, 6.45) is 0. The molecule has 5 nitrogen and oxygen atoms in total. The van der Waals surface area contributed by atoms with Crippen LogP contribution >= 0.6 is 11.3 Å². The fraction of sp³-hybridized carbons (Fsp3) is 0. The van der Waals surface area contributed by atoms with Gasteiger partial charge in [-0.2, -0.15) is 0 Å². The van der Waals surface area contributed by atoms with Crippen LogP contribution in [0, 0.1) is 6.57 Å². The summed E-state index contributed by atoms with van der Waals surface area (Å²) < 4.78 is 50.2. The second-order valence-electron chi connectivity index (χ2n) is 5.00. The molecular formula is C17H11NO4S3. The maximum absolute atomic E-state index is 12.6. The molecule has 0 aliphatic rings. The van der Waals surface area contributed by atoms with Crippen LogP contribution < -0.4 is 0 Å². The molecule has 3 aromatic rings. The van der Waals surface area contributed by atoms with Gasteiger partial charge in [0.05, 0.1) is 21.3 Å². The Balaban J connectivity index is 1.99. The lowest BCUT2D eigenvalue weighted by Gasteiger charge is -2.06. The van der Waals surface area contributed by atoms with Gasteiger partial charge in [-0.1, -0.05) is 18.2 Å². The maximum Gasteiger partial charge on any atom is 0.242 e. The molecule has 0 fully saturated rings. The van der Waals surface area contributed by atoms with Crippen molar-refractivity contribution in [3.8, 4) is 0 Å². The van der Waals surface area contributed by atoms with Crippen LogP contribution in [-0.2, 0) is 19.7 Å². The molecule has 0 saturated carbocycles. The third-order valence-corrected chi connectivity index (χ3v) is 8.47. The summed E-state index contributed by atoms with van der Waals surface area (Å²) in [6, 6.07) is 15.8. The van der Waals surface area contributed by atoms with Gasteiger partial charge in [0, 0.05) is 0 Å². The third kappa shape index (κ3) is 3.22. The highest BCUT2D eigenvalue weighted by molar-refractivity contribution is 7.93. The standard InChI is InChI=1S/C17H11NO4S3/c1-18-16-11-12-17(23-16)25(21,22)15-9-7-14(8-10-15)24(19,20)13-5-3-2-4-6-13/h2-12H. The van der Waals surface area contributed by atoms with Gasteiger partial charge in [0.2, 0.25) is 24.7 Å². The number of thiophene rings is 1. The summed E-state index contributed by atoms with van der Waals surface area (Å²) in [7, 11) is -7.47. The van der Waals surface area contributed by atoms with Crippen LogP contribution in [0.1, 0.15) is 0 Å². The highest BCUT2D eigenvalue weighted by atomic mass is 32.2. The summed E-state index contributed by atoms with van der Waals surface area (Å²) in [5, 5.41) is 0.279. The number of sulfone groups is 2. The van der Waals surface area contributed by atoms with Crippen LogP contribution in [0.15, 0.2) is 85.6 Å². The zero-order valence-corrected chi connectivity index (χ0v) is 15.1. The summed E-state index contributed by atoms with van der Waals surface area (Å²) in [4.78, 5) is 3.35. The minimum Gasteiger partial charge on any atom is -0.227 e. The molecule has 1 aromatic heterocycles. The number of rotatable bonds is 4. The molecule has 0 N–H and O–H groups in total. The molecule has 0 aliphatic carbocycles. The second-order valence-corrected chi connectivity index (χ2v) is 10.2. The minimum absolute atomic E-state index is 0.0158. The first-order valence-corrected chi connectivity index (χ1v) is 10.8. The average Bonchev–Trinajstić information content (AvgIpc) is 3.12. The third-order valence-electron chi connectivity index (χ3n) is 3.44. The van der Waals surface area contributed by atoms with Crippen LogP contribution in [-0.4, -0.2) is 16.8 Å². The Bertz CT molecular complexity index is 1150. The van der Waals surface area contributed by atoms with E-state index in [-0.39, 0.29) is 23.9 Å². The first-order chi connectivity index (χ1) is 11.9. The Labute approximate surface area is 149 Å². The highest BCUT2D eigenvalue weighted by Gasteiger charge is 2.22. The van der Waals surface area contributed by atoms with Gasteiger partial charge in [0.1, 0.15) is 4.21 Å². The summed E-state index contributed by atoms with van der Waals surface area (Å²) in [5.41, 5.74) is 0. The van der Waals surface area contributed by atoms with Gasteiger partial charge in [-0.15, -0.1) is 11.3 Å². The van der Waals surface area contributed by atoms with Gasteiger partial charge < -0.3 is 0 Å². The zero-order valence-electron chi connectivity index (χ0n) is 12.7. The molecule has 0 aliphatic heterocycles. The first kappa shape index (κ1) is 17.4. The van der Waals surface area contributed by atoms with E-state index < -0.39 is 19.7 Å². The minimum atomic E-state index is -3.77. The zero-order chi connectivity index (χ0) is 18.1. The molecule has 0 spiro atoms. The van der Waals surface area contributed by atoms with Crippen molar-refractivity contribution in [3.05, 3.63) is 78.1 Å². The van der Waals surface area contributed by atoms with Gasteiger partial charge in [0.15, 0.2) is 0 Å². The van der Waals surface area contributed by atoms with E-state index in [0.29, 0.717) is 0 Å². The second kappa shape index (κ2) is 6.44. The fourth-order valence-corrected chi connectivity index (χ4v) is 5.93. The quantitative estimate of drug-likeness (QED) is 0.633. The van der Waals surface area contributed by atoms with Crippen LogP contribution in [0.25, 0.3) is 4.85 Å². The van der Waals surface area contributed by atoms with Crippen molar-refractivity contribution in [2.45, 2.75) is 18.9 Å². The Hall–Kier alpha value is -2.47. The van der Waals surface area contributed by atoms with E-state index in [0.717, 1.165) is 11.3 Å². The van der Waals surface area contributed by atoms with Gasteiger partial charge in [-0.25, -0.2) is 21.7 Å². The summed E-state index contributed by atoms with van der Waals surface area (Å²) in [5.74, 6) is 0. The Morgan fingerprint density at radius 2 is 1.20 bits per heavy atom. The smallest absolute Gasteiger partial charge is 0.227 e. The lowest BCUT2D eigenvalue weighted by molar-refractivity contribution is 0.593. The van der Waals surface area contributed by atoms with Crippen molar-refractivity contribution in [1.29, 1.82) is 0 Å². The SMILES string of the molecule is [C-]#[N+]c1ccc(S(=O)(=O)c2ccc(S(=O)(=O)c3ccccc3)cc2)s1. The predicted octanol–water partition coefficient (Wildman–Crippen LogP) is 3.96. The van der Waals surface area contributed by atoms with Gasteiger partial charge in [0.25, 0.3) is 0 Å². The molecule has 8 heteroatoms. The summed E-state index contributed by atoms with van der Waals surface area (Å²) in [6.45, 7) is 6.92. The maximum atomic E-state index is 12.6. The number of benzene rings is 2. The molecule has 0 amide bonds. The largest absolute Gasteiger partial charge is 0.242 e. The Morgan fingerprint density at radius 3 is 1.72 bits per heavy atom. The van der Waals surface area contributed by atoms with Crippen LogP contribution in [0.3, 0.4) is 0 Å². The van der Waals surface area contributed by atoms with Crippen LogP contribution in [0.4, 0.5) is 5.00 Å². The predicted molar refractivity (Wildman–Crippen MR) is 94.4 cm³/mol. The topological polar surface area (TPSA) is 72.6 Å². The monoisotopic (exact) mass is 389 g/mol. The highest BCUT2D eigenvalue weighted by Crippen LogP contribution is 2.33. The molecule has 0 bridgehead atoms. The van der Waals surface area contributed by atoms with Gasteiger partial charge >= 0.3 is 0 Å². The van der Waals surface area contributed by atoms with Crippen molar-refractivity contribution in [3.63, 3.8) is 0 Å². The van der Waals surface area contributed by atoms with E-state index >= 15 is 0 Å².